The van der Waals surface area contributed by atoms with E-state index in [1.54, 1.807) is 0 Å². The van der Waals surface area contributed by atoms with Crippen molar-refractivity contribution in [1.82, 2.24) is 10.0 Å². The van der Waals surface area contributed by atoms with E-state index in [-0.39, 0.29) is 5.91 Å². The quantitative estimate of drug-likeness (QED) is 0.313. The lowest BCUT2D eigenvalue weighted by Crippen LogP contribution is -2.52. The summed E-state index contributed by atoms with van der Waals surface area (Å²) in [6, 6.07) is -0.640. The number of hydrogen-bond acceptors (Lipinski definition) is 5. The van der Waals surface area contributed by atoms with Gasteiger partial charge in [0.05, 0.1) is 17.9 Å². The van der Waals surface area contributed by atoms with Crippen molar-refractivity contribution >= 4 is 15.9 Å². The number of aliphatic hydroxyl groups is 2. The van der Waals surface area contributed by atoms with Crippen LogP contribution in [0.25, 0.3) is 0 Å². The van der Waals surface area contributed by atoms with Gasteiger partial charge in [-0.1, -0.05) is 59.3 Å². The van der Waals surface area contributed by atoms with Crippen molar-refractivity contribution in [2.24, 2.45) is 11.8 Å². The first-order chi connectivity index (χ1) is 13.6. The van der Waals surface area contributed by atoms with Crippen LogP contribution >= 0.6 is 0 Å². The molecule has 0 aromatic rings. The van der Waals surface area contributed by atoms with Gasteiger partial charge in [0.15, 0.2) is 0 Å². The molecule has 4 N–H and O–H groups in total. The Bertz CT molecular complexity index is 561. The molecule has 1 fully saturated rings. The molecule has 0 aromatic carbocycles. The van der Waals surface area contributed by atoms with Crippen LogP contribution in [-0.2, 0) is 14.8 Å². The summed E-state index contributed by atoms with van der Waals surface area (Å²) in [6.07, 6.45) is 6.03. The van der Waals surface area contributed by atoms with Gasteiger partial charge in [0.1, 0.15) is 6.10 Å². The number of sulfonamides is 1. The summed E-state index contributed by atoms with van der Waals surface area (Å²) in [5.41, 5.74) is 0. The summed E-state index contributed by atoms with van der Waals surface area (Å²) in [7, 11) is -3.69. The lowest BCUT2D eigenvalue weighted by atomic mass is 9.83. The molecule has 8 heteroatoms. The van der Waals surface area contributed by atoms with E-state index in [1.807, 2.05) is 20.8 Å². The molecule has 3 atom stereocenters. The highest BCUT2D eigenvalue weighted by molar-refractivity contribution is 7.89. The van der Waals surface area contributed by atoms with Gasteiger partial charge >= 0.3 is 0 Å². The standard InChI is InChI=1S/C21H42N2O5S/c1-4-5-13-22-29(27,28)15-19(24)21(26)18(14-17-9-7-6-8-10-17)23-20(25)12-11-16(2)3/h16-19,21-22,24,26H,4-15H2,1-3H3,(H,23,25)/t18-,19-,21-/m0/s1. The van der Waals surface area contributed by atoms with Gasteiger partial charge in [-0.3, -0.25) is 4.79 Å². The molecule has 1 rings (SSSR count). The van der Waals surface area contributed by atoms with E-state index in [9.17, 15) is 23.4 Å². The fraction of sp³-hybridized carbons (Fsp3) is 0.952. The molecule has 7 nitrogen and oxygen atoms in total. The molecule has 0 aromatic heterocycles. The molecule has 0 saturated heterocycles. The average molecular weight is 435 g/mol. The Morgan fingerprint density at radius 3 is 2.38 bits per heavy atom. The molecular formula is C21H42N2O5S. The second-order valence-corrected chi connectivity index (χ2v) is 10.8. The van der Waals surface area contributed by atoms with Crippen molar-refractivity contribution < 1.29 is 23.4 Å². The fourth-order valence-corrected chi connectivity index (χ4v) is 5.04. The predicted octanol–water partition coefficient (Wildman–Crippen LogP) is 2.32. The average Bonchev–Trinajstić information content (AvgIpc) is 2.65. The maximum atomic E-state index is 12.4. The van der Waals surface area contributed by atoms with Crippen LogP contribution in [0.1, 0.15) is 85.0 Å². The molecule has 1 saturated carbocycles. The number of rotatable bonds is 14. The van der Waals surface area contributed by atoms with E-state index in [0.717, 1.165) is 38.5 Å². The molecule has 0 radical (unpaired) electrons. The normalized spacial score (nSPS) is 19.1. The summed E-state index contributed by atoms with van der Waals surface area (Å²) >= 11 is 0. The van der Waals surface area contributed by atoms with Crippen LogP contribution in [-0.4, -0.2) is 55.1 Å². The minimum Gasteiger partial charge on any atom is -0.389 e. The number of carbonyl (C=O) groups excluding carboxylic acids is 1. The summed E-state index contributed by atoms with van der Waals surface area (Å²) < 4.78 is 26.8. The van der Waals surface area contributed by atoms with Gasteiger partial charge < -0.3 is 15.5 Å². The zero-order chi connectivity index (χ0) is 21.9. The van der Waals surface area contributed by atoms with E-state index < -0.39 is 34.0 Å². The smallest absolute Gasteiger partial charge is 0.220 e. The van der Waals surface area contributed by atoms with Crippen molar-refractivity contribution in [2.45, 2.75) is 103 Å². The van der Waals surface area contributed by atoms with Crippen LogP contribution in [0.5, 0.6) is 0 Å². The number of amides is 1. The molecule has 0 spiro atoms. The minimum atomic E-state index is -3.69. The Kier molecular flexibility index (Phi) is 12.3. The highest BCUT2D eigenvalue weighted by Crippen LogP contribution is 2.28. The molecule has 29 heavy (non-hydrogen) atoms. The molecule has 1 amide bonds. The second kappa shape index (κ2) is 13.6. The zero-order valence-corrected chi connectivity index (χ0v) is 19.2. The first-order valence-electron chi connectivity index (χ1n) is 11.3. The lowest BCUT2D eigenvalue weighted by Gasteiger charge is -2.32. The highest BCUT2D eigenvalue weighted by Gasteiger charge is 2.33. The summed E-state index contributed by atoms with van der Waals surface area (Å²) in [5, 5.41) is 24.0. The van der Waals surface area contributed by atoms with Crippen LogP contribution in [0, 0.1) is 11.8 Å². The molecule has 172 valence electrons. The van der Waals surface area contributed by atoms with Crippen molar-refractivity contribution in [2.75, 3.05) is 12.3 Å². The van der Waals surface area contributed by atoms with Crippen LogP contribution in [0.4, 0.5) is 0 Å². The third kappa shape index (κ3) is 11.3. The molecule has 1 aliphatic carbocycles. The zero-order valence-electron chi connectivity index (χ0n) is 18.4. The molecule has 0 bridgehead atoms. The SMILES string of the molecule is CCCCNS(=O)(=O)C[C@H](O)[C@@H](O)[C@H](CC1CCCCC1)NC(=O)CCC(C)C. The van der Waals surface area contributed by atoms with Gasteiger partial charge in [-0.25, -0.2) is 13.1 Å². The number of aliphatic hydroxyl groups excluding tert-OH is 2. The second-order valence-electron chi connectivity index (χ2n) is 8.93. The monoisotopic (exact) mass is 434 g/mol. The first kappa shape index (κ1) is 26.3. The predicted molar refractivity (Wildman–Crippen MR) is 116 cm³/mol. The third-order valence-corrected chi connectivity index (χ3v) is 7.08. The van der Waals surface area contributed by atoms with Crippen molar-refractivity contribution in [3.8, 4) is 0 Å². The Hall–Kier alpha value is -0.700. The van der Waals surface area contributed by atoms with Crippen LogP contribution < -0.4 is 10.0 Å². The van der Waals surface area contributed by atoms with Crippen LogP contribution in [0.3, 0.4) is 0 Å². The number of hydrogen-bond donors (Lipinski definition) is 4. The van der Waals surface area contributed by atoms with Crippen LogP contribution in [0.15, 0.2) is 0 Å². The molecule has 1 aliphatic rings. The van der Waals surface area contributed by atoms with E-state index >= 15 is 0 Å². The maximum Gasteiger partial charge on any atom is 0.220 e. The fourth-order valence-electron chi connectivity index (χ4n) is 3.82. The number of unbranched alkanes of at least 4 members (excludes halogenated alkanes) is 1. The summed E-state index contributed by atoms with van der Waals surface area (Å²) in [4.78, 5) is 12.4. The van der Waals surface area contributed by atoms with E-state index in [1.165, 1.54) is 6.42 Å². The van der Waals surface area contributed by atoms with E-state index in [2.05, 4.69) is 10.0 Å². The summed E-state index contributed by atoms with van der Waals surface area (Å²) in [6.45, 7) is 6.37. The van der Waals surface area contributed by atoms with Gasteiger partial charge in [0, 0.05) is 13.0 Å². The van der Waals surface area contributed by atoms with Crippen molar-refractivity contribution in [3.63, 3.8) is 0 Å². The molecule has 0 aliphatic heterocycles. The highest BCUT2D eigenvalue weighted by atomic mass is 32.2. The van der Waals surface area contributed by atoms with Gasteiger partial charge in [0.2, 0.25) is 15.9 Å². The number of nitrogens with one attached hydrogen (secondary N) is 2. The molecular weight excluding hydrogens is 392 g/mol. The van der Waals surface area contributed by atoms with Gasteiger partial charge in [-0.15, -0.1) is 0 Å². The van der Waals surface area contributed by atoms with Gasteiger partial charge in [-0.05, 0) is 31.1 Å². The lowest BCUT2D eigenvalue weighted by molar-refractivity contribution is -0.123. The Morgan fingerprint density at radius 1 is 1.14 bits per heavy atom. The topological polar surface area (TPSA) is 116 Å². The Labute approximate surface area is 177 Å². The van der Waals surface area contributed by atoms with E-state index in [0.29, 0.717) is 37.6 Å². The third-order valence-electron chi connectivity index (χ3n) is 5.66. The number of carbonyl (C=O) groups is 1. The van der Waals surface area contributed by atoms with Crippen LogP contribution in [0.2, 0.25) is 0 Å². The summed E-state index contributed by atoms with van der Waals surface area (Å²) in [5.74, 6) is 0.0448. The Morgan fingerprint density at radius 2 is 1.79 bits per heavy atom. The maximum absolute atomic E-state index is 12.4. The minimum absolute atomic E-state index is 0.158. The largest absolute Gasteiger partial charge is 0.389 e. The van der Waals surface area contributed by atoms with Gasteiger partial charge in [-0.2, -0.15) is 0 Å². The van der Waals surface area contributed by atoms with Gasteiger partial charge in [0.25, 0.3) is 0 Å². The van der Waals surface area contributed by atoms with Crippen molar-refractivity contribution in [3.05, 3.63) is 0 Å². The Balaban J connectivity index is 2.73. The molecule has 0 unspecified atom stereocenters. The van der Waals surface area contributed by atoms with Crippen molar-refractivity contribution in [1.29, 1.82) is 0 Å². The first-order valence-corrected chi connectivity index (χ1v) is 12.9. The molecule has 0 heterocycles. The van der Waals surface area contributed by atoms with E-state index in [4.69, 9.17) is 0 Å².